The number of carboxylic acid groups (broad SMARTS) is 1. The lowest BCUT2D eigenvalue weighted by Gasteiger charge is -2.23. The van der Waals surface area contributed by atoms with Crippen LogP contribution in [0.1, 0.15) is 31.8 Å². The lowest BCUT2D eigenvalue weighted by atomic mass is 10.1. The van der Waals surface area contributed by atoms with E-state index in [1.807, 2.05) is 0 Å². The molecule has 3 N–H and O–H groups in total. The molecule has 132 valence electrons. The van der Waals surface area contributed by atoms with Crippen molar-refractivity contribution in [2.75, 3.05) is 11.4 Å². The van der Waals surface area contributed by atoms with Crippen molar-refractivity contribution in [1.29, 1.82) is 0 Å². The number of primary amides is 1. The number of carbonyl (C=O) groups excluding carboxylic acids is 1. The van der Waals surface area contributed by atoms with E-state index in [0.717, 1.165) is 10.4 Å². The maximum absolute atomic E-state index is 13.0. The van der Waals surface area contributed by atoms with E-state index in [2.05, 4.69) is 0 Å². The number of benzene rings is 2. The third-order valence-corrected chi connectivity index (χ3v) is 5.91. The van der Waals surface area contributed by atoms with Gasteiger partial charge in [0.15, 0.2) is 0 Å². The molecule has 0 aliphatic heterocycles. The monoisotopic (exact) mass is 362 g/mol. The number of aromatic carboxylic acids is 1. The molecule has 8 heteroatoms. The molecule has 25 heavy (non-hydrogen) atoms. The molecule has 2 aromatic carbocycles. The van der Waals surface area contributed by atoms with Gasteiger partial charge in [-0.2, -0.15) is 0 Å². The van der Waals surface area contributed by atoms with Crippen LogP contribution in [0.2, 0.25) is 0 Å². The molecule has 0 heterocycles. The zero-order valence-electron chi connectivity index (χ0n) is 14.0. The average Bonchev–Trinajstić information content (AvgIpc) is 2.55. The second-order valence-corrected chi connectivity index (χ2v) is 7.51. The van der Waals surface area contributed by atoms with Crippen molar-refractivity contribution in [2.45, 2.75) is 18.7 Å². The molecule has 2 rings (SSSR count). The SMILES string of the molecule is Cc1cc(C(=O)O)cc(S(=O)(=O)N(C)c2ccccc2C(N)=O)c1C. The summed E-state index contributed by atoms with van der Waals surface area (Å²) in [5.74, 6) is -1.98. The molecular formula is C17H18N2O5S. The van der Waals surface area contributed by atoms with Gasteiger partial charge >= 0.3 is 5.97 Å². The number of para-hydroxylation sites is 1. The first kappa shape index (κ1) is 18.5. The highest BCUT2D eigenvalue weighted by atomic mass is 32.2. The molecule has 0 atom stereocenters. The van der Waals surface area contributed by atoms with E-state index in [-0.39, 0.29) is 21.7 Å². The Morgan fingerprint density at radius 2 is 1.72 bits per heavy atom. The number of sulfonamides is 1. The van der Waals surface area contributed by atoms with E-state index in [4.69, 9.17) is 5.73 Å². The van der Waals surface area contributed by atoms with Crippen LogP contribution >= 0.6 is 0 Å². The Morgan fingerprint density at radius 3 is 2.28 bits per heavy atom. The molecule has 0 saturated carbocycles. The third-order valence-electron chi connectivity index (χ3n) is 4.01. The third kappa shape index (κ3) is 3.34. The molecule has 2 aromatic rings. The van der Waals surface area contributed by atoms with Crippen molar-refractivity contribution < 1.29 is 23.1 Å². The van der Waals surface area contributed by atoms with Crippen LogP contribution in [0.15, 0.2) is 41.3 Å². The first-order chi connectivity index (χ1) is 11.6. The number of nitrogens with zero attached hydrogens (tertiary/aromatic N) is 1. The zero-order chi connectivity index (χ0) is 18.9. The summed E-state index contributed by atoms with van der Waals surface area (Å²) in [4.78, 5) is 22.7. The molecule has 0 bridgehead atoms. The summed E-state index contributed by atoms with van der Waals surface area (Å²) >= 11 is 0. The normalized spacial score (nSPS) is 11.2. The molecule has 0 unspecified atom stereocenters. The van der Waals surface area contributed by atoms with Crippen molar-refractivity contribution in [3.63, 3.8) is 0 Å². The number of hydrogen-bond acceptors (Lipinski definition) is 4. The zero-order valence-corrected chi connectivity index (χ0v) is 14.8. The predicted octanol–water partition coefficient (Wildman–Crippen LogP) is 1.93. The molecule has 0 radical (unpaired) electrons. The van der Waals surface area contributed by atoms with Gasteiger partial charge in [-0.3, -0.25) is 9.10 Å². The van der Waals surface area contributed by atoms with E-state index in [0.29, 0.717) is 11.1 Å². The van der Waals surface area contributed by atoms with Gasteiger partial charge in [0, 0.05) is 7.05 Å². The Morgan fingerprint density at radius 1 is 1.12 bits per heavy atom. The van der Waals surface area contributed by atoms with Crippen LogP contribution in [0, 0.1) is 13.8 Å². The fourth-order valence-corrected chi connectivity index (χ4v) is 3.99. The minimum absolute atomic E-state index is 0.0531. The summed E-state index contributed by atoms with van der Waals surface area (Å²) in [7, 11) is -2.80. The van der Waals surface area contributed by atoms with Gasteiger partial charge in [-0.1, -0.05) is 12.1 Å². The maximum Gasteiger partial charge on any atom is 0.335 e. The molecule has 0 spiro atoms. The van der Waals surface area contributed by atoms with Crippen LogP contribution < -0.4 is 10.0 Å². The van der Waals surface area contributed by atoms with E-state index in [9.17, 15) is 23.1 Å². The predicted molar refractivity (Wildman–Crippen MR) is 93.4 cm³/mol. The van der Waals surface area contributed by atoms with Crippen molar-refractivity contribution in [1.82, 2.24) is 0 Å². The van der Waals surface area contributed by atoms with Crippen LogP contribution in [-0.2, 0) is 10.0 Å². The second-order valence-electron chi connectivity index (χ2n) is 5.58. The van der Waals surface area contributed by atoms with Gasteiger partial charge in [-0.25, -0.2) is 13.2 Å². The van der Waals surface area contributed by atoms with E-state index < -0.39 is 21.9 Å². The quantitative estimate of drug-likeness (QED) is 0.842. The van der Waals surface area contributed by atoms with Crippen molar-refractivity contribution in [3.8, 4) is 0 Å². The Kier molecular flexibility index (Phi) is 4.85. The second kappa shape index (κ2) is 6.56. The number of nitrogens with two attached hydrogens (primary N) is 1. The van der Waals surface area contributed by atoms with Crippen molar-refractivity contribution in [3.05, 3.63) is 58.7 Å². The summed E-state index contributed by atoms with van der Waals surface area (Å²) in [6.45, 7) is 3.24. The minimum Gasteiger partial charge on any atom is -0.478 e. The molecule has 7 nitrogen and oxygen atoms in total. The number of anilines is 1. The smallest absolute Gasteiger partial charge is 0.335 e. The highest BCUT2D eigenvalue weighted by Crippen LogP contribution is 2.29. The average molecular weight is 362 g/mol. The van der Waals surface area contributed by atoms with Gasteiger partial charge in [-0.05, 0) is 49.2 Å². The summed E-state index contributed by atoms with van der Waals surface area (Å²) < 4.78 is 27.0. The molecular weight excluding hydrogens is 344 g/mol. The lowest BCUT2D eigenvalue weighted by molar-refractivity contribution is 0.0696. The fraction of sp³-hybridized carbons (Fsp3) is 0.176. The van der Waals surface area contributed by atoms with Crippen LogP contribution in [0.3, 0.4) is 0 Å². The maximum atomic E-state index is 13.0. The number of rotatable bonds is 5. The molecule has 0 aromatic heterocycles. The Hall–Kier alpha value is -2.87. The van der Waals surface area contributed by atoms with Crippen LogP contribution in [0.5, 0.6) is 0 Å². The summed E-state index contributed by atoms with van der Waals surface area (Å²) in [5.41, 5.74) is 6.33. The van der Waals surface area contributed by atoms with E-state index in [1.165, 1.54) is 25.2 Å². The fourth-order valence-electron chi connectivity index (χ4n) is 2.45. The minimum atomic E-state index is -4.10. The molecule has 1 amide bonds. The Labute approximate surface area is 145 Å². The number of carbonyl (C=O) groups is 2. The van der Waals surface area contributed by atoms with Crippen LogP contribution in [-0.4, -0.2) is 32.4 Å². The Bertz CT molecular complexity index is 967. The van der Waals surface area contributed by atoms with E-state index >= 15 is 0 Å². The molecule has 0 fully saturated rings. The summed E-state index contributed by atoms with van der Waals surface area (Å²) in [6, 6.07) is 8.57. The number of carboxylic acids is 1. The topological polar surface area (TPSA) is 118 Å². The van der Waals surface area contributed by atoms with Gasteiger partial charge in [0.25, 0.3) is 15.9 Å². The van der Waals surface area contributed by atoms with Gasteiger partial charge < -0.3 is 10.8 Å². The highest BCUT2D eigenvalue weighted by molar-refractivity contribution is 7.92. The first-order valence-electron chi connectivity index (χ1n) is 7.29. The summed E-state index contributed by atoms with van der Waals surface area (Å²) in [5, 5.41) is 9.19. The van der Waals surface area contributed by atoms with Gasteiger partial charge in [0.2, 0.25) is 0 Å². The van der Waals surface area contributed by atoms with Crippen LogP contribution in [0.25, 0.3) is 0 Å². The Balaban J connectivity index is 2.68. The van der Waals surface area contributed by atoms with Crippen molar-refractivity contribution in [2.24, 2.45) is 5.73 Å². The molecule has 0 aliphatic rings. The number of aryl methyl sites for hydroxylation is 1. The van der Waals surface area contributed by atoms with Crippen molar-refractivity contribution >= 4 is 27.6 Å². The number of amides is 1. The lowest BCUT2D eigenvalue weighted by Crippen LogP contribution is -2.30. The van der Waals surface area contributed by atoms with E-state index in [1.54, 1.807) is 26.0 Å². The first-order valence-corrected chi connectivity index (χ1v) is 8.73. The largest absolute Gasteiger partial charge is 0.478 e. The number of hydrogen-bond donors (Lipinski definition) is 2. The van der Waals surface area contributed by atoms with Gasteiger partial charge in [0.1, 0.15) is 0 Å². The molecule has 0 saturated heterocycles. The molecule has 0 aliphatic carbocycles. The standard InChI is InChI=1S/C17H18N2O5S/c1-10-8-12(17(21)22)9-15(11(10)2)25(23,24)19(3)14-7-5-4-6-13(14)16(18)20/h4-9H,1-3H3,(H2,18,20)(H,21,22). The highest BCUT2D eigenvalue weighted by Gasteiger charge is 2.27. The summed E-state index contributed by atoms with van der Waals surface area (Å²) in [6.07, 6.45) is 0. The van der Waals surface area contributed by atoms with Crippen LogP contribution in [0.4, 0.5) is 5.69 Å². The van der Waals surface area contributed by atoms with Gasteiger partial charge in [-0.15, -0.1) is 0 Å². The van der Waals surface area contributed by atoms with Gasteiger partial charge in [0.05, 0.1) is 21.7 Å².